The van der Waals surface area contributed by atoms with Gasteiger partial charge in [-0.15, -0.1) is 13.2 Å². The van der Waals surface area contributed by atoms with Crippen LogP contribution in [-0.4, -0.2) is 38.1 Å². The standard InChI is InChI=1S/C18H22N4O2S/c1-3-8-18(9-4-2)10-5-11-22(18)16(23)15-7-6-14(24-15)12-25-17-19-13-20-21-17/h3-4,6-7,13H,1-2,5,8-12H2,(H,19,20,21). The van der Waals surface area contributed by atoms with Crippen LogP contribution in [0.2, 0.25) is 0 Å². The maximum atomic E-state index is 13.0. The Kier molecular flexibility index (Phi) is 5.43. The lowest BCUT2D eigenvalue weighted by atomic mass is 9.88. The molecule has 0 radical (unpaired) electrons. The quantitative estimate of drug-likeness (QED) is 0.573. The maximum absolute atomic E-state index is 13.0. The molecule has 2 aromatic rings. The van der Waals surface area contributed by atoms with Crippen LogP contribution in [0.5, 0.6) is 0 Å². The summed E-state index contributed by atoms with van der Waals surface area (Å²) in [4.78, 5) is 19.0. The second-order valence-corrected chi connectivity index (χ2v) is 7.08. The molecule has 3 rings (SSSR count). The third kappa shape index (κ3) is 3.71. The van der Waals surface area contributed by atoms with Gasteiger partial charge in [0.05, 0.1) is 11.3 Å². The van der Waals surface area contributed by atoms with Crippen molar-refractivity contribution in [1.82, 2.24) is 20.1 Å². The van der Waals surface area contributed by atoms with Crippen molar-refractivity contribution < 1.29 is 9.21 Å². The van der Waals surface area contributed by atoms with E-state index in [1.165, 1.54) is 18.1 Å². The lowest BCUT2D eigenvalue weighted by molar-refractivity contribution is 0.0567. The van der Waals surface area contributed by atoms with E-state index in [9.17, 15) is 4.79 Å². The molecular weight excluding hydrogens is 336 g/mol. The summed E-state index contributed by atoms with van der Waals surface area (Å²) < 4.78 is 5.78. The van der Waals surface area contributed by atoms with Crippen molar-refractivity contribution in [2.75, 3.05) is 6.54 Å². The van der Waals surface area contributed by atoms with Crippen LogP contribution in [0.1, 0.15) is 42.0 Å². The van der Waals surface area contributed by atoms with Gasteiger partial charge in [0, 0.05) is 6.54 Å². The topological polar surface area (TPSA) is 75.0 Å². The molecule has 0 saturated carbocycles. The van der Waals surface area contributed by atoms with Crippen molar-refractivity contribution >= 4 is 17.7 Å². The molecule has 0 atom stereocenters. The summed E-state index contributed by atoms with van der Waals surface area (Å²) in [5, 5.41) is 7.32. The van der Waals surface area contributed by atoms with E-state index >= 15 is 0 Å². The van der Waals surface area contributed by atoms with Crippen molar-refractivity contribution in [2.24, 2.45) is 0 Å². The Morgan fingerprint density at radius 1 is 1.40 bits per heavy atom. The minimum atomic E-state index is -0.220. The second-order valence-electron chi connectivity index (χ2n) is 6.12. The first kappa shape index (κ1) is 17.5. The number of nitrogens with one attached hydrogen (secondary N) is 1. The van der Waals surface area contributed by atoms with Crippen LogP contribution in [0.3, 0.4) is 0 Å². The lowest BCUT2D eigenvalue weighted by Crippen LogP contribution is -2.46. The molecule has 1 saturated heterocycles. The molecule has 0 bridgehead atoms. The number of likely N-dealkylation sites (tertiary alicyclic amines) is 1. The number of rotatable bonds is 8. The zero-order chi connectivity index (χ0) is 17.7. The van der Waals surface area contributed by atoms with Crippen molar-refractivity contribution in [1.29, 1.82) is 0 Å². The van der Waals surface area contributed by atoms with E-state index in [4.69, 9.17) is 4.42 Å². The highest BCUT2D eigenvalue weighted by Gasteiger charge is 2.42. The SMILES string of the molecule is C=CCC1(CC=C)CCCN1C(=O)c1ccc(CSc2ncn[nH]2)o1. The molecule has 1 amide bonds. The second kappa shape index (κ2) is 7.74. The smallest absolute Gasteiger partial charge is 0.290 e. The normalized spacial score (nSPS) is 16.1. The summed E-state index contributed by atoms with van der Waals surface area (Å²) in [5.74, 6) is 1.65. The number of thioether (sulfide) groups is 1. The predicted octanol–water partition coefficient (Wildman–Crippen LogP) is 3.82. The Hall–Kier alpha value is -2.28. The van der Waals surface area contributed by atoms with Gasteiger partial charge >= 0.3 is 0 Å². The number of nitrogens with zero attached hydrogens (tertiary/aromatic N) is 3. The van der Waals surface area contributed by atoms with Crippen molar-refractivity contribution in [2.45, 2.75) is 42.1 Å². The largest absolute Gasteiger partial charge is 0.455 e. The number of hydrogen-bond donors (Lipinski definition) is 1. The van der Waals surface area contributed by atoms with Gasteiger partial charge in [0.15, 0.2) is 10.9 Å². The Morgan fingerprint density at radius 2 is 2.20 bits per heavy atom. The minimum absolute atomic E-state index is 0.0582. The van der Waals surface area contributed by atoms with Gasteiger partial charge in [0.25, 0.3) is 5.91 Å². The molecule has 3 heterocycles. The number of carbonyl (C=O) groups is 1. The van der Waals surface area contributed by atoms with Gasteiger partial charge in [-0.25, -0.2) is 4.98 Å². The first-order valence-corrected chi connectivity index (χ1v) is 9.28. The molecule has 0 aromatic carbocycles. The van der Waals surface area contributed by atoms with E-state index < -0.39 is 0 Å². The molecule has 1 fully saturated rings. The summed E-state index contributed by atoms with van der Waals surface area (Å²) in [6, 6.07) is 3.60. The molecule has 1 aliphatic heterocycles. The summed E-state index contributed by atoms with van der Waals surface area (Å²) in [7, 11) is 0. The van der Waals surface area contributed by atoms with Crippen molar-refractivity contribution in [3.05, 3.63) is 55.3 Å². The number of H-pyrrole nitrogens is 1. The number of amides is 1. The number of aromatic nitrogens is 3. The van der Waals surface area contributed by atoms with Crippen molar-refractivity contribution in [3.8, 4) is 0 Å². The number of hydrogen-bond acceptors (Lipinski definition) is 5. The highest BCUT2D eigenvalue weighted by atomic mass is 32.2. The fourth-order valence-corrected chi connectivity index (χ4v) is 4.08. The van der Waals surface area contributed by atoms with E-state index in [2.05, 4.69) is 28.3 Å². The number of aromatic amines is 1. The van der Waals surface area contributed by atoms with Crippen LogP contribution in [0, 0.1) is 0 Å². The predicted molar refractivity (Wildman–Crippen MR) is 97.3 cm³/mol. The summed E-state index contributed by atoms with van der Waals surface area (Å²) in [5.41, 5.74) is -0.220. The van der Waals surface area contributed by atoms with Gasteiger partial charge in [-0.05, 0) is 37.8 Å². The molecule has 0 unspecified atom stereocenters. The summed E-state index contributed by atoms with van der Waals surface area (Å²) in [6.07, 6.45) is 8.71. The van der Waals surface area contributed by atoms with Crippen LogP contribution >= 0.6 is 11.8 Å². The van der Waals surface area contributed by atoms with Gasteiger partial charge in [0.1, 0.15) is 12.1 Å². The highest BCUT2D eigenvalue weighted by molar-refractivity contribution is 7.98. The third-order valence-corrected chi connectivity index (χ3v) is 5.41. The Labute approximate surface area is 151 Å². The summed E-state index contributed by atoms with van der Waals surface area (Å²) in [6.45, 7) is 8.46. The Balaban J connectivity index is 1.71. The molecular formula is C18H22N4O2S. The van der Waals surface area contributed by atoms with Crippen molar-refractivity contribution in [3.63, 3.8) is 0 Å². The number of carbonyl (C=O) groups excluding carboxylic acids is 1. The number of furan rings is 1. The van der Waals surface area contributed by atoms with Crippen LogP contribution in [0.15, 0.2) is 53.3 Å². The minimum Gasteiger partial charge on any atom is -0.455 e. The first-order chi connectivity index (χ1) is 12.2. The van der Waals surface area contributed by atoms with Gasteiger partial charge in [-0.1, -0.05) is 23.9 Å². The lowest BCUT2D eigenvalue weighted by Gasteiger charge is -2.37. The molecule has 25 heavy (non-hydrogen) atoms. The maximum Gasteiger partial charge on any atom is 0.290 e. The van der Waals surface area contributed by atoms with Crippen LogP contribution < -0.4 is 0 Å². The first-order valence-electron chi connectivity index (χ1n) is 8.29. The van der Waals surface area contributed by atoms with Gasteiger partial charge in [0.2, 0.25) is 0 Å². The molecule has 1 N–H and O–H groups in total. The zero-order valence-electron chi connectivity index (χ0n) is 14.1. The highest BCUT2D eigenvalue weighted by Crippen LogP contribution is 2.37. The van der Waals surface area contributed by atoms with Crippen LogP contribution in [0.25, 0.3) is 0 Å². The van der Waals surface area contributed by atoms with Gasteiger partial charge < -0.3 is 9.32 Å². The van der Waals surface area contributed by atoms with Gasteiger partial charge in [-0.3, -0.25) is 9.89 Å². The molecule has 7 heteroatoms. The van der Waals surface area contributed by atoms with Crippen LogP contribution in [-0.2, 0) is 5.75 Å². The molecule has 0 aliphatic carbocycles. The molecule has 1 aliphatic rings. The Morgan fingerprint density at radius 3 is 2.88 bits per heavy atom. The van der Waals surface area contributed by atoms with Crippen LogP contribution in [0.4, 0.5) is 0 Å². The third-order valence-electron chi connectivity index (χ3n) is 4.51. The molecule has 2 aromatic heterocycles. The summed E-state index contributed by atoms with van der Waals surface area (Å²) >= 11 is 1.48. The Bertz CT molecular complexity index is 728. The fourth-order valence-electron chi connectivity index (χ4n) is 3.41. The monoisotopic (exact) mass is 358 g/mol. The van der Waals surface area contributed by atoms with E-state index in [0.717, 1.165) is 43.1 Å². The van der Waals surface area contributed by atoms with E-state index in [1.54, 1.807) is 6.07 Å². The molecule has 132 valence electrons. The van der Waals surface area contributed by atoms with E-state index in [0.29, 0.717) is 11.5 Å². The molecule has 0 spiro atoms. The zero-order valence-corrected chi connectivity index (χ0v) is 14.9. The fraction of sp³-hybridized carbons (Fsp3) is 0.389. The average molecular weight is 358 g/mol. The average Bonchev–Trinajstić information content (AvgIpc) is 3.34. The van der Waals surface area contributed by atoms with E-state index in [1.807, 2.05) is 23.1 Å². The van der Waals surface area contributed by atoms with Gasteiger partial charge in [-0.2, -0.15) is 5.10 Å². The molecule has 6 nitrogen and oxygen atoms in total. The van der Waals surface area contributed by atoms with E-state index in [-0.39, 0.29) is 11.4 Å².